The molecule has 0 heterocycles. The molecule has 0 fully saturated rings. The van der Waals surface area contributed by atoms with Crippen LogP contribution in [0.4, 0.5) is 0 Å². The van der Waals surface area contributed by atoms with Crippen LogP contribution < -0.4 is 0 Å². The Morgan fingerprint density at radius 3 is 0.824 bits per heavy atom. The smallest absolute Gasteiger partial charge is 0.306 e. The predicted molar refractivity (Wildman–Crippen MR) is 320 cm³/mol. The van der Waals surface area contributed by atoms with Crippen molar-refractivity contribution in [2.75, 3.05) is 13.2 Å². The lowest BCUT2D eigenvalue weighted by atomic mass is 10.0. The molecule has 0 bridgehead atoms. The van der Waals surface area contributed by atoms with Gasteiger partial charge in [0.2, 0.25) is 0 Å². The minimum Gasteiger partial charge on any atom is -0.462 e. The number of hydrogen-bond acceptors (Lipinski definition) is 6. The Balaban J connectivity index is 4.05. The zero-order valence-electron chi connectivity index (χ0n) is 48.6. The van der Waals surface area contributed by atoms with Crippen molar-refractivity contribution >= 4 is 17.9 Å². The lowest BCUT2D eigenvalue weighted by Gasteiger charge is -2.18. The van der Waals surface area contributed by atoms with Crippen molar-refractivity contribution in [1.82, 2.24) is 0 Å². The van der Waals surface area contributed by atoms with Crippen LogP contribution in [0.5, 0.6) is 0 Å². The molecule has 0 N–H and O–H groups in total. The summed E-state index contributed by atoms with van der Waals surface area (Å²) >= 11 is 0. The van der Waals surface area contributed by atoms with E-state index in [0.717, 1.165) is 128 Å². The molecule has 0 saturated carbocycles. The zero-order chi connectivity index (χ0) is 53.6. The van der Waals surface area contributed by atoms with Crippen molar-refractivity contribution in [3.8, 4) is 0 Å². The highest BCUT2D eigenvalue weighted by Gasteiger charge is 2.19. The summed E-state index contributed by atoms with van der Waals surface area (Å²) in [5, 5.41) is 0. The van der Waals surface area contributed by atoms with Gasteiger partial charge < -0.3 is 14.2 Å². The molecule has 6 heteroatoms. The van der Waals surface area contributed by atoms with E-state index in [1.165, 1.54) is 128 Å². The first-order valence-corrected chi connectivity index (χ1v) is 31.2. The summed E-state index contributed by atoms with van der Waals surface area (Å²) in [6.07, 6.45) is 83.0. The molecule has 0 aromatic heterocycles. The number of unbranched alkanes of at least 4 members (excludes halogenated alkanes) is 29. The Kier molecular flexibility index (Phi) is 58.8. The summed E-state index contributed by atoms with van der Waals surface area (Å²) in [7, 11) is 0. The van der Waals surface area contributed by atoms with E-state index >= 15 is 0 Å². The molecule has 0 aromatic rings. The van der Waals surface area contributed by atoms with Gasteiger partial charge in [-0.05, 0) is 96.3 Å². The van der Waals surface area contributed by atoms with Crippen LogP contribution in [0.25, 0.3) is 0 Å². The van der Waals surface area contributed by atoms with Gasteiger partial charge in [-0.1, -0.05) is 279 Å². The molecule has 0 radical (unpaired) electrons. The molecular weight excluding hydrogens is 913 g/mol. The summed E-state index contributed by atoms with van der Waals surface area (Å²) in [5.74, 6) is -0.895. The quantitative estimate of drug-likeness (QED) is 0.0261. The van der Waals surface area contributed by atoms with Gasteiger partial charge in [0.05, 0.1) is 0 Å². The lowest BCUT2D eigenvalue weighted by molar-refractivity contribution is -0.167. The maximum Gasteiger partial charge on any atom is 0.306 e. The molecule has 0 saturated heterocycles. The second kappa shape index (κ2) is 61.9. The number of rotatable bonds is 56. The molecular formula is C68H116O6. The summed E-state index contributed by atoms with van der Waals surface area (Å²) in [5.41, 5.74) is 0. The monoisotopic (exact) mass is 1030 g/mol. The Bertz CT molecular complexity index is 1460. The topological polar surface area (TPSA) is 78.9 Å². The van der Waals surface area contributed by atoms with Gasteiger partial charge in [0.1, 0.15) is 13.2 Å². The van der Waals surface area contributed by atoms with Crippen LogP contribution >= 0.6 is 0 Å². The minimum absolute atomic E-state index is 0.0810. The molecule has 1 atom stereocenters. The molecule has 0 aliphatic rings. The Labute approximate surface area is 457 Å². The van der Waals surface area contributed by atoms with Gasteiger partial charge >= 0.3 is 17.9 Å². The van der Waals surface area contributed by atoms with Gasteiger partial charge in [0.25, 0.3) is 0 Å². The molecule has 0 amide bonds. The first-order chi connectivity index (χ1) is 36.5. The van der Waals surface area contributed by atoms with Gasteiger partial charge in [-0.3, -0.25) is 14.4 Å². The number of esters is 3. The van der Waals surface area contributed by atoms with Gasteiger partial charge in [-0.2, -0.15) is 0 Å². The fourth-order valence-corrected chi connectivity index (χ4v) is 8.72. The van der Waals surface area contributed by atoms with Crippen LogP contribution in [0.2, 0.25) is 0 Å². The third kappa shape index (κ3) is 59.2. The molecule has 74 heavy (non-hydrogen) atoms. The van der Waals surface area contributed by atoms with Crippen LogP contribution in [0.3, 0.4) is 0 Å². The Hall–Kier alpha value is -3.67. The van der Waals surface area contributed by atoms with Gasteiger partial charge in [0, 0.05) is 19.3 Å². The van der Waals surface area contributed by atoms with E-state index in [9.17, 15) is 14.4 Å². The maximum atomic E-state index is 12.8. The first kappa shape index (κ1) is 70.3. The molecule has 0 aliphatic heterocycles. The highest BCUT2D eigenvalue weighted by molar-refractivity contribution is 5.71. The number of carbonyl (C=O) groups excluding carboxylic acids is 3. The van der Waals surface area contributed by atoms with Crippen molar-refractivity contribution in [2.24, 2.45) is 0 Å². The van der Waals surface area contributed by atoms with E-state index in [1.54, 1.807) is 0 Å². The third-order valence-electron chi connectivity index (χ3n) is 13.3. The zero-order valence-corrected chi connectivity index (χ0v) is 48.6. The fourth-order valence-electron chi connectivity index (χ4n) is 8.72. The number of allylic oxidation sites excluding steroid dienone is 16. The number of ether oxygens (including phenoxy) is 3. The second-order valence-corrected chi connectivity index (χ2v) is 20.6. The average Bonchev–Trinajstić information content (AvgIpc) is 3.40. The van der Waals surface area contributed by atoms with Crippen LogP contribution in [0, 0.1) is 0 Å². The number of hydrogen-bond donors (Lipinski definition) is 0. The van der Waals surface area contributed by atoms with Crippen molar-refractivity contribution in [3.63, 3.8) is 0 Å². The Morgan fingerprint density at radius 2 is 0.527 bits per heavy atom. The van der Waals surface area contributed by atoms with Crippen molar-refractivity contribution in [3.05, 3.63) is 97.2 Å². The first-order valence-electron chi connectivity index (χ1n) is 31.2. The normalized spacial score (nSPS) is 12.7. The summed E-state index contributed by atoms with van der Waals surface area (Å²) in [6, 6.07) is 0. The fraction of sp³-hybridized carbons (Fsp3) is 0.721. The minimum atomic E-state index is -0.782. The standard InChI is InChI=1S/C68H116O6/c1-4-7-10-13-16-19-21-23-25-26-27-28-29-30-31-32-33-34-35-36-37-38-39-40-41-42-44-45-47-49-52-55-58-61-67(70)73-64-65(63-72-66(69)60-57-54-51-18-15-12-9-6-3)74-68(71)62-59-56-53-50-48-46-43-24-22-20-17-14-11-8-5-2/h7-8,10-11,16-17,19-20,23-25,27-28,30-31,43,65H,4-6,9,12-15,18,21-22,26,29,32-42,44-64H2,1-3H3/b10-7-,11-8-,19-16-,20-17-,25-23-,28-27-,31-30-,43-24-. The SMILES string of the molecule is CC/C=C\C/C=C\C/C=C\C/C=C\C/C=C\CCCCCCCCCCCCCCCCCCCC(=O)OCC(COC(=O)CCCCCCCCCC)OC(=O)CCCCCCC/C=C\C/C=C\C/C=C\CC. The van der Waals surface area contributed by atoms with Crippen LogP contribution in [0.15, 0.2) is 97.2 Å². The van der Waals surface area contributed by atoms with Crippen LogP contribution in [-0.2, 0) is 28.6 Å². The van der Waals surface area contributed by atoms with Gasteiger partial charge in [0.15, 0.2) is 6.10 Å². The summed E-state index contributed by atoms with van der Waals surface area (Å²) in [4.78, 5) is 38.0. The second-order valence-electron chi connectivity index (χ2n) is 20.6. The highest BCUT2D eigenvalue weighted by atomic mass is 16.6. The van der Waals surface area contributed by atoms with Crippen molar-refractivity contribution in [2.45, 2.75) is 303 Å². The maximum absolute atomic E-state index is 12.8. The van der Waals surface area contributed by atoms with Crippen LogP contribution in [0.1, 0.15) is 297 Å². The molecule has 424 valence electrons. The van der Waals surface area contributed by atoms with E-state index in [-0.39, 0.29) is 31.1 Å². The van der Waals surface area contributed by atoms with E-state index in [2.05, 4.69) is 118 Å². The average molecular weight is 1030 g/mol. The summed E-state index contributed by atoms with van der Waals surface area (Å²) < 4.78 is 16.8. The lowest BCUT2D eigenvalue weighted by Crippen LogP contribution is -2.30. The van der Waals surface area contributed by atoms with E-state index in [0.29, 0.717) is 19.3 Å². The molecule has 0 aromatic carbocycles. The molecule has 0 aliphatic carbocycles. The van der Waals surface area contributed by atoms with E-state index in [4.69, 9.17) is 14.2 Å². The third-order valence-corrected chi connectivity index (χ3v) is 13.3. The molecule has 0 spiro atoms. The predicted octanol–water partition coefficient (Wildman–Crippen LogP) is 21.3. The number of carbonyl (C=O) groups is 3. The van der Waals surface area contributed by atoms with E-state index in [1.807, 2.05) is 0 Å². The molecule has 6 nitrogen and oxygen atoms in total. The van der Waals surface area contributed by atoms with E-state index < -0.39 is 6.10 Å². The van der Waals surface area contributed by atoms with Crippen LogP contribution in [-0.4, -0.2) is 37.2 Å². The van der Waals surface area contributed by atoms with Gasteiger partial charge in [-0.15, -0.1) is 0 Å². The summed E-state index contributed by atoms with van der Waals surface area (Å²) in [6.45, 7) is 6.39. The van der Waals surface area contributed by atoms with Crippen molar-refractivity contribution in [1.29, 1.82) is 0 Å². The highest BCUT2D eigenvalue weighted by Crippen LogP contribution is 2.16. The Morgan fingerprint density at radius 1 is 0.284 bits per heavy atom. The largest absolute Gasteiger partial charge is 0.462 e. The van der Waals surface area contributed by atoms with Gasteiger partial charge in [-0.25, -0.2) is 0 Å². The molecule has 1 unspecified atom stereocenters. The van der Waals surface area contributed by atoms with Crippen molar-refractivity contribution < 1.29 is 28.6 Å². The molecule has 0 rings (SSSR count).